The number of fused-ring (bicyclic) bond motifs is 3. The van der Waals surface area contributed by atoms with Gasteiger partial charge in [0.2, 0.25) is 0 Å². The van der Waals surface area contributed by atoms with E-state index in [1.165, 1.54) is 43.5 Å². The molecule has 53 heavy (non-hydrogen) atoms. The Kier molecular flexibility index (Phi) is 12.3. The van der Waals surface area contributed by atoms with Crippen molar-refractivity contribution >= 4 is 35.1 Å². The summed E-state index contributed by atoms with van der Waals surface area (Å²) >= 11 is 12.7. The van der Waals surface area contributed by atoms with Crippen LogP contribution in [0.4, 0.5) is 13.2 Å². The van der Waals surface area contributed by atoms with Crippen LogP contribution >= 0.6 is 23.2 Å². The Hall–Kier alpha value is -4.56. The fourth-order valence-electron chi connectivity index (χ4n) is 6.73. The number of hydrogen-bond donors (Lipinski definition) is 1. The summed E-state index contributed by atoms with van der Waals surface area (Å²) in [6, 6.07) is 15.4. The van der Waals surface area contributed by atoms with Crippen LogP contribution in [-0.4, -0.2) is 56.3 Å². The molecule has 0 amide bonds. The number of carbonyl (C=O) groups is 2. The van der Waals surface area contributed by atoms with E-state index in [2.05, 4.69) is 15.0 Å². The first kappa shape index (κ1) is 38.2. The van der Waals surface area contributed by atoms with Crippen molar-refractivity contribution in [1.29, 1.82) is 0 Å². The molecule has 1 aromatic heterocycles. The summed E-state index contributed by atoms with van der Waals surface area (Å²) in [5, 5.41) is 15.0. The standard InChI is InChI=1S/C38H36Cl2F3N3O7/c1-50-33-16-24(9-10-31(33)53-38(42)43)32(17-27-28(39)19-46(49)20-29(27)40)51-36(47)25-6-4-5-22(15-25)18-44-35(26-7-2-3-8-30(26)41)37(48)52-34-21-45-13-11-23(34)12-14-45/h2-10,15-16,19-20,23,32,34-35,38,44H,11-14,17-18,21H2,1H3/t32?,34-,35?/m0/s1. The van der Waals surface area contributed by atoms with Crippen LogP contribution in [0.5, 0.6) is 11.5 Å². The summed E-state index contributed by atoms with van der Waals surface area (Å²) in [6.45, 7) is -0.457. The van der Waals surface area contributed by atoms with Gasteiger partial charge >= 0.3 is 18.6 Å². The Morgan fingerprint density at radius 2 is 1.74 bits per heavy atom. The van der Waals surface area contributed by atoms with Gasteiger partial charge in [-0.15, -0.1) is 0 Å². The van der Waals surface area contributed by atoms with Crippen LogP contribution in [-0.2, 0) is 27.2 Å². The summed E-state index contributed by atoms with van der Waals surface area (Å²) in [5.41, 5.74) is 1.48. The van der Waals surface area contributed by atoms with Gasteiger partial charge in [0.1, 0.15) is 34.1 Å². The molecule has 10 nitrogen and oxygen atoms in total. The summed E-state index contributed by atoms with van der Waals surface area (Å²) in [7, 11) is 1.27. The largest absolute Gasteiger partial charge is 0.619 e. The lowest BCUT2D eigenvalue weighted by Gasteiger charge is -2.44. The van der Waals surface area contributed by atoms with Crippen LogP contribution in [0.1, 0.15) is 57.6 Å². The number of esters is 2. The summed E-state index contributed by atoms with van der Waals surface area (Å²) in [4.78, 5) is 29.6. The average molecular weight is 775 g/mol. The molecule has 3 aliphatic rings. The Bertz CT molecular complexity index is 1920. The van der Waals surface area contributed by atoms with Crippen molar-refractivity contribution in [1.82, 2.24) is 10.2 Å². The number of halogens is 5. The van der Waals surface area contributed by atoms with Crippen LogP contribution < -0.4 is 19.5 Å². The van der Waals surface area contributed by atoms with Gasteiger partial charge in [-0.2, -0.15) is 13.5 Å². The average Bonchev–Trinajstić information content (AvgIpc) is 3.14. The Balaban J connectivity index is 1.22. The van der Waals surface area contributed by atoms with Crippen LogP contribution in [0.25, 0.3) is 0 Å². The summed E-state index contributed by atoms with van der Waals surface area (Å²) in [6.07, 6.45) is 2.60. The second-order valence-corrected chi connectivity index (χ2v) is 13.6. The number of piperidine rings is 3. The van der Waals surface area contributed by atoms with E-state index in [0.29, 0.717) is 28.0 Å². The predicted octanol–water partition coefficient (Wildman–Crippen LogP) is 6.99. The lowest BCUT2D eigenvalue weighted by Crippen LogP contribution is -2.52. The van der Waals surface area contributed by atoms with Crippen LogP contribution in [0.15, 0.2) is 79.1 Å². The third kappa shape index (κ3) is 9.33. The molecule has 0 aliphatic carbocycles. The Morgan fingerprint density at radius 1 is 1.00 bits per heavy atom. The number of pyridine rings is 1. The van der Waals surface area contributed by atoms with Gasteiger partial charge in [0.15, 0.2) is 23.9 Å². The number of hydrogen-bond acceptors (Lipinski definition) is 9. The van der Waals surface area contributed by atoms with Gasteiger partial charge in [-0.3, -0.25) is 10.2 Å². The minimum absolute atomic E-state index is 0.0164. The van der Waals surface area contributed by atoms with Gasteiger partial charge in [0.25, 0.3) is 0 Å². The zero-order valence-electron chi connectivity index (χ0n) is 28.5. The molecule has 3 saturated heterocycles. The maximum absolute atomic E-state index is 15.0. The summed E-state index contributed by atoms with van der Waals surface area (Å²) in [5.74, 6) is -1.93. The molecule has 3 fully saturated rings. The zero-order valence-corrected chi connectivity index (χ0v) is 30.0. The molecule has 1 N–H and O–H groups in total. The first-order chi connectivity index (χ1) is 25.5. The molecular weight excluding hydrogens is 738 g/mol. The molecule has 15 heteroatoms. The molecule has 3 atom stereocenters. The highest BCUT2D eigenvalue weighted by Crippen LogP contribution is 2.36. The van der Waals surface area contributed by atoms with Gasteiger partial charge in [-0.25, -0.2) is 14.0 Å². The van der Waals surface area contributed by atoms with Crippen molar-refractivity contribution in [2.45, 2.75) is 50.7 Å². The van der Waals surface area contributed by atoms with E-state index < -0.39 is 36.5 Å². The molecule has 7 rings (SSSR count). The molecule has 2 bridgehead atoms. The maximum atomic E-state index is 15.0. The number of rotatable bonds is 14. The first-order valence-corrected chi connectivity index (χ1v) is 17.6. The number of methoxy groups -OCH3 is 1. The molecule has 280 valence electrons. The van der Waals surface area contributed by atoms with Crippen molar-refractivity contribution in [3.05, 3.63) is 128 Å². The van der Waals surface area contributed by atoms with Crippen molar-refractivity contribution in [2.75, 3.05) is 26.7 Å². The van der Waals surface area contributed by atoms with E-state index in [9.17, 15) is 23.6 Å². The topological polar surface area (TPSA) is 113 Å². The minimum atomic E-state index is -3.11. The van der Waals surface area contributed by atoms with Crippen molar-refractivity contribution in [3.63, 3.8) is 0 Å². The third-order valence-corrected chi connectivity index (χ3v) is 10.1. The number of nitrogens with one attached hydrogen (secondary N) is 1. The number of benzene rings is 3. The number of nitrogens with zero attached hydrogens (tertiary/aromatic N) is 2. The van der Waals surface area contributed by atoms with Crippen molar-refractivity contribution < 1.29 is 46.4 Å². The first-order valence-electron chi connectivity index (χ1n) is 16.9. The van der Waals surface area contributed by atoms with E-state index in [4.69, 9.17) is 37.4 Å². The van der Waals surface area contributed by atoms with Crippen molar-refractivity contribution in [2.24, 2.45) is 5.92 Å². The number of carbonyl (C=O) groups excluding carboxylic acids is 2. The van der Waals surface area contributed by atoms with Crippen LogP contribution in [0.2, 0.25) is 10.0 Å². The highest BCUT2D eigenvalue weighted by molar-refractivity contribution is 6.35. The third-order valence-electron chi connectivity index (χ3n) is 9.46. The molecule has 0 saturated carbocycles. The van der Waals surface area contributed by atoms with Gasteiger partial charge in [0, 0.05) is 30.6 Å². The minimum Gasteiger partial charge on any atom is -0.619 e. The highest BCUT2D eigenvalue weighted by atomic mass is 35.5. The maximum Gasteiger partial charge on any atom is 0.387 e. The molecule has 3 aromatic carbocycles. The Morgan fingerprint density at radius 3 is 2.40 bits per heavy atom. The van der Waals surface area contributed by atoms with E-state index in [0.717, 1.165) is 38.3 Å². The highest BCUT2D eigenvalue weighted by Gasteiger charge is 2.38. The molecule has 3 aliphatic heterocycles. The van der Waals surface area contributed by atoms with Gasteiger partial charge in [0.05, 0.1) is 12.7 Å². The molecule has 4 heterocycles. The summed E-state index contributed by atoms with van der Waals surface area (Å²) < 4.78 is 63.2. The van der Waals surface area contributed by atoms with E-state index >= 15 is 4.39 Å². The lowest BCUT2D eigenvalue weighted by molar-refractivity contribution is -0.605. The lowest BCUT2D eigenvalue weighted by atomic mass is 9.86. The molecule has 2 unspecified atom stereocenters. The number of alkyl halides is 2. The monoisotopic (exact) mass is 773 g/mol. The van der Waals surface area contributed by atoms with Gasteiger partial charge in [-0.05, 0) is 73.3 Å². The second kappa shape index (κ2) is 17.1. The van der Waals surface area contributed by atoms with E-state index in [1.54, 1.807) is 30.3 Å². The molecule has 4 aromatic rings. The Labute approximate surface area is 313 Å². The van der Waals surface area contributed by atoms with E-state index in [1.807, 2.05) is 0 Å². The van der Waals surface area contributed by atoms with Crippen molar-refractivity contribution in [3.8, 4) is 11.5 Å². The molecular formula is C38H36Cl2F3N3O7. The van der Waals surface area contributed by atoms with Crippen LogP contribution in [0.3, 0.4) is 0 Å². The normalized spacial score (nSPS) is 19.0. The molecule has 0 spiro atoms. The fraction of sp³-hybridized carbons (Fsp3) is 0.342. The number of aromatic nitrogens is 1. The van der Waals surface area contributed by atoms with Gasteiger partial charge in [-0.1, -0.05) is 59.6 Å². The second-order valence-electron chi connectivity index (χ2n) is 12.8. The van der Waals surface area contributed by atoms with Gasteiger partial charge < -0.3 is 24.2 Å². The predicted molar refractivity (Wildman–Crippen MR) is 188 cm³/mol. The van der Waals surface area contributed by atoms with Crippen LogP contribution in [0, 0.1) is 16.9 Å². The fourth-order valence-corrected chi connectivity index (χ4v) is 7.33. The smallest absolute Gasteiger partial charge is 0.387 e. The molecule has 0 radical (unpaired) electrons. The SMILES string of the molecule is COc1cc(C(Cc2c(Cl)c[n+]([O-])cc2Cl)OC(=O)c2cccc(CNC(C(=O)O[C@H]3CN4CCC3CC4)c3ccccc3F)c2)ccc1OC(F)F. The van der Waals surface area contributed by atoms with E-state index in [-0.39, 0.29) is 57.7 Å². The number of ether oxygens (including phenoxy) is 4. The quantitative estimate of drug-likeness (QED) is 0.0824. The zero-order chi connectivity index (χ0) is 37.6.